The lowest BCUT2D eigenvalue weighted by molar-refractivity contribution is -0.118. The van der Waals surface area contributed by atoms with Crippen LogP contribution in [0.1, 0.15) is 11.4 Å². The Morgan fingerprint density at radius 1 is 1.48 bits per heavy atom. The maximum atomic E-state index is 11.8. The number of nitrogens with one attached hydrogen (secondary N) is 1. The predicted molar refractivity (Wildman–Crippen MR) is 79.3 cm³/mol. The molecule has 0 fully saturated rings. The molecule has 2 aromatic rings. The van der Waals surface area contributed by atoms with Gasteiger partial charge in [0.2, 0.25) is 5.91 Å². The molecule has 2 rings (SSSR count). The lowest BCUT2D eigenvalue weighted by atomic mass is 10.3. The summed E-state index contributed by atoms with van der Waals surface area (Å²) in [5, 5.41) is 7.04. The van der Waals surface area contributed by atoms with Gasteiger partial charge in [-0.2, -0.15) is 5.10 Å². The van der Waals surface area contributed by atoms with E-state index in [0.717, 1.165) is 11.4 Å². The fraction of sp³-hybridized carbons (Fsp3) is 0.357. The minimum absolute atomic E-state index is 0.170. The van der Waals surface area contributed by atoms with Crippen molar-refractivity contribution >= 4 is 11.6 Å². The van der Waals surface area contributed by atoms with Gasteiger partial charge in [-0.25, -0.2) is 9.67 Å². The van der Waals surface area contributed by atoms with Crippen LogP contribution in [-0.4, -0.2) is 40.4 Å². The van der Waals surface area contributed by atoms with Crippen LogP contribution in [0.15, 0.2) is 24.4 Å². The van der Waals surface area contributed by atoms with Crippen molar-refractivity contribution in [1.29, 1.82) is 0 Å². The molecule has 1 unspecified atom stereocenters. The van der Waals surface area contributed by atoms with Crippen molar-refractivity contribution in [2.75, 3.05) is 19.0 Å². The highest BCUT2D eigenvalue weighted by molar-refractivity contribution is 5.94. The molecule has 0 aliphatic carbocycles. The van der Waals surface area contributed by atoms with Gasteiger partial charge >= 0.3 is 0 Å². The summed E-state index contributed by atoms with van der Waals surface area (Å²) in [5.41, 5.74) is 8.15. The van der Waals surface area contributed by atoms with Gasteiger partial charge in [-0.15, -0.1) is 0 Å². The maximum Gasteiger partial charge on any atom is 0.243 e. The van der Waals surface area contributed by atoms with Crippen molar-refractivity contribution in [3.63, 3.8) is 0 Å². The van der Waals surface area contributed by atoms with Gasteiger partial charge in [-0.1, -0.05) is 0 Å². The first-order valence-electron chi connectivity index (χ1n) is 6.56. The molecule has 0 bridgehead atoms. The van der Waals surface area contributed by atoms with Gasteiger partial charge in [0.25, 0.3) is 0 Å². The molecule has 0 spiro atoms. The number of carbonyl (C=O) groups excluding carboxylic acids is 1. The number of hydrogen-bond donors (Lipinski definition) is 2. The van der Waals surface area contributed by atoms with E-state index in [9.17, 15) is 4.79 Å². The first-order valence-corrected chi connectivity index (χ1v) is 6.56. The lowest BCUT2D eigenvalue weighted by Crippen LogP contribution is -2.39. The van der Waals surface area contributed by atoms with Crippen molar-refractivity contribution < 1.29 is 9.53 Å². The van der Waals surface area contributed by atoms with E-state index in [2.05, 4.69) is 15.4 Å². The zero-order valence-corrected chi connectivity index (χ0v) is 12.3. The number of ether oxygens (including phenoxy) is 1. The molecule has 2 aromatic heterocycles. The van der Waals surface area contributed by atoms with Gasteiger partial charge in [0.05, 0.1) is 24.2 Å². The van der Waals surface area contributed by atoms with Crippen LogP contribution in [0, 0.1) is 13.8 Å². The number of rotatable bonds is 5. The molecular formula is C14H19N5O2. The molecule has 0 saturated heterocycles. The van der Waals surface area contributed by atoms with Crippen molar-refractivity contribution in [1.82, 2.24) is 14.8 Å². The minimum Gasteiger partial charge on any atom is -0.383 e. The zero-order chi connectivity index (χ0) is 15.4. The Morgan fingerprint density at radius 3 is 2.76 bits per heavy atom. The molecule has 0 aromatic carbocycles. The Hall–Kier alpha value is -2.25. The third-order valence-corrected chi connectivity index (χ3v) is 2.93. The number of aromatic nitrogens is 3. The predicted octanol–water partition coefficient (Wildman–Crippen LogP) is 0.796. The molecule has 7 heteroatoms. The second-order valence-electron chi connectivity index (χ2n) is 4.80. The van der Waals surface area contributed by atoms with Crippen LogP contribution in [0.25, 0.3) is 5.82 Å². The smallest absolute Gasteiger partial charge is 0.243 e. The van der Waals surface area contributed by atoms with Crippen LogP contribution in [0.3, 0.4) is 0 Å². The number of aryl methyl sites for hydroxylation is 2. The number of nitrogens with two attached hydrogens (primary N) is 1. The Morgan fingerprint density at radius 2 is 2.24 bits per heavy atom. The SMILES string of the molecule is COCC(N)C(=O)Nc1ccc(-n2nc(C)cc2C)nc1. The van der Waals surface area contributed by atoms with Crippen molar-refractivity contribution in [2.45, 2.75) is 19.9 Å². The fourth-order valence-corrected chi connectivity index (χ4v) is 1.94. The van der Waals surface area contributed by atoms with Crippen molar-refractivity contribution in [2.24, 2.45) is 5.73 Å². The van der Waals surface area contributed by atoms with Crippen LogP contribution in [0.4, 0.5) is 5.69 Å². The number of hydrogen-bond acceptors (Lipinski definition) is 5. The molecule has 0 aliphatic rings. The summed E-state index contributed by atoms with van der Waals surface area (Å²) in [7, 11) is 1.50. The molecule has 1 atom stereocenters. The molecule has 3 N–H and O–H groups in total. The maximum absolute atomic E-state index is 11.8. The topological polar surface area (TPSA) is 95.1 Å². The molecule has 0 radical (unpaired) electrons. The minimum atomic E-state index is -0.703. The number of amides is 1. The van der Waals surface area contributed by atoms with Gasteiger partial charge in [-0.3, -0.25) is 4.79 Å². The summed E-state index contributed by atoms with van der Waals surface area (Å²) in [6, 6.07) is 4.82. The second-order valence-corrected chi connectivity index (χ2v) is 4.80. The second kappa shape index (κ2) is 6.47. The van der Waals surface area contributed by atoms with E-state index < -0.39 is 6.04 Å². The number of pyridine rings is 1. The summed E-state index contributed by atoms with van der Waals surface area (Å²) < 4.78 is 6.59. The highest BCUT2D eigenvalue weighted by atomic mass is 16.5. The molecule has 7 nitrogen and oxygen atoms in total. The first kappa shape index (κ1) is 15.1. The highest BCUT2D eigenvalue weighted by Gasteiger charge is 2.13. The summed E-state index contributed by atoms with van der Waals surface area (Å²) in [4.78, 5) is 16.0. The molecule has 112 valence electrons. The van der Waals surface area contributed by atoms with Crippen LogP contribution in [0.2, 0.25) is 0 Å². The first-order chi connectivity index (χ1) is 10.0. The zero-order valence-electron chi connectivity index (χ0n) is 12.3. The normalized spacial score (nSPS) is 12.2. The van der Waals surface area contributed by atoms with Gasteiger partial charge < -0.3 is 15.8 Å². The Balaban J connectivity index is 2.09. The number of anilines is 1. The van der Waals surface area contributed by atoms with E-state index in [4.69, 9.17) is 10.5 Å². The summed E-state index contributed by atoms with van der Waals surface area (Å²) >= 11 is 0. The lowest BCUT2D eigenvalue weighted by Gasteiger charge is -2.11. The Bertz CT molecular complexity index is 621. The van der Waals surface area contributed by atoms with E-state index >= 15 is 0 Å². The van der Waals surface area contributed by atoms with Gasteiger partial charge in [0, 0.05) is 12.8 Å². The standard InChI is InChI=1S/C14H19N5O2/c1-9-6-10(2)19(18-9)13-5-4-11(7-16-13)17-14(20)12(15)8-21-3/h4-7,12H,8,15H2,1-3H3,(H,17,20). The molecule has 0 aliphatic heterocycles. The van der Waals surface area contributed by atoms with Crippen molar-refractivity contribution in [3.05, 3.63) is 35.8 Å². The van der Waals surface area contributed by atoms with Crippen LogP contribution < -0.4 is 11.1 Å². The van der Waals surface area contributed by atoms with Crippen LogP contribution >= 0.6 is 0 Å². The number of carbonyl (C=O) groups is 1. The van der Waals surface area contributed by atoms with E-state index in [-0.39, 0.29) is 12.5 Å². The van der Waals surface area contributed by atoms with Gasteiger partial charge in [0.1, 0.15) is 6.04 Å². The van der Waals surface area contributed by atoms with Crippen LogP contribution in [-0.2, 0) is 9.53 Å². The van der Waals surface area contributed by atoms with Gasteiger partial charge in [0.15, 0.2) is 5.82 Å². The summed E-state index contributed by atoms with van der Waals surface area (Å²) in [6.45, 7) is 4.06. The van der Waals surface area contributed by atoms with E-state index in [1.54, 1.807) is 23.0 Å². The Labute approximate surface area is 123 Å². The molecular weight excluding hydrogens is 270 g/mol. The quantitative estimate of drug-likeness (QED) is 0.848. The Kier molecular flexibility index (Phi) is 4.66. The monoisotopic (exact) mass is 289 g/mol. The average Bonchev–Trinajstić information content (AvgIpc) is 2.79. The highest BCUT2D eigenvalue weighted by Crippen LogP contribution is 2.12. The van der Waals surface area contributed by atoms with Gasteiger partial charge in [-0.05, 0) is 32.0 Å². The van der Waals surface area contributed by atoms with Crippen molar-refractivity contribution in [3.8, 4) is 5.82 Å². The number of nitrogens with zero attached hydrogens (tertiary/aromatic N) is 3. The van der Waals surface area contributed by atoms with E-state index in [0.29, 0.717) is 11.5 Å². The average molecular weight is 289 g/mol. The fourth-order valence-electron chi connectivity index (χ4n) is 1.94. The molecule has 0 saturated carbocycles. The largest absolute Gasteiger partial charge is 0.383 e. The van der Waals surface area contributed by atoms with E-state index in [1.807, 2.05) is 19.9 Å². The molecule has 2 heterocycles. The summed E-state index contributed by atoms with van der Waals surface area (Å²) in [5.74, 6) is 0.386. The molecule has 1 amide bonds. The number of methoxy groups -OCH3 is 1. The molecule has 21 heavy (non-hydrogen) atoms. The third-order valence-electron chi connectivity index (χ3n) is 2.93. The third kappa shape index (κ3) is 3.65. The summed E-state index contributed by atoms with van der Waals surface area (Å²) in [6.07, 6.45) is 1.57. The van der Waals surface area contributed by atoms with Crippen LogP contribution in [0.5, 0.6) is 0 Å². The van der Waals surface area contributed by atoms with E-state index in [1.165, 1.54) is 7.11 Å².